The standard InChI is InChI=1S/C26H28N4S/c27-26(28)20-14-13-19-16-25(31-29-22-10-2-1-3-11-22)30(24(19)15-20)17-21-9-6-8-18-7-4-5-12-23(18)21/h4-9,12-16,22,29H,1-3,10-11,17H2,(H3,27,28). The molecular weight excluding hydrogens is 400 g/mol. The lowest BCUT2D eigenvalue weighted by molar-refractivity contribution is 0.423. The highest BCUT2D eigenvalue weighted by molar-refractivity contribution is 7.97. The Balaban J connectivity index is 1.55. The van der Waals surface area contributed by atoms with E-state index in [9.17, 15) is 0 Å². The van der Waals surface area contributed by atoms with E-state index in [1.54, 1.807) is 11.9 Å². The van der Waals surface area contributed by atoms with Crippen molar-refractivity contribution in [2.24, 2.45) is 5.73 Å². The quantitative estimate of drug-likeness (QED) is 0.199. The highest BCUT2D eigenvalue weighted by atomic mass is 32.2. The van der Waals surface area contributed by atoms with Crippen LogP contribution >= 0.6 is 11.9 Å². The normalized spacial score (nSPS) is 15.0. The topological polar surface area (TPSA) is 66.8 Å². The molecule has 1 saturated carbocycles. The molecular formula is C26H28N4S. The minimum absolute atomic E-state index is 0.106. The number of nitrogens with zero attached hydrogens (tertiary/aromatic N) is 1. The van der Waals surface area contributed by atoms with E-state index in [2.05, 4.69) is 63.9 Å². The third kappa shape index (κ3) is 4.21. The molecule has 31 heavy (non-hydrogen) atoms. The second-order valence-electron chi connectivity index (χ2n) is 8.45. The summed E-state index contributed by atoms with van der Waals surface area (Å²) >= 11 is 1.75. The molecule has 4 aromatic rings. The molecule has 1 fully saturated rings. The van der Waals surface area contributed by atoms with Crippen molar-refractivity contribution in [3.05, 3.63) is 77.9 Å². The van der Waals surface area contributed by atoms with Gasteiger partial charge in [-0.3, -0.25) is 10.1 Å². The van der Waals surface area contributed by atoms with E-state index in [4.69, 9.17) is 11.1 Å². The Bertz CT molecular complexity index is 1230. The van der Waals surface area contributed by atoms with Crippen LogP contribution in [0.5, 0.6) is 0 Å². The molecule has 3 aromatic carbocycles. The summed E-state index contributed by atoms with van der Waals surface area (Å²) in [6, 6.07) is 24.0. The number of amidine groups is 1. The second kappa shape index (κ2) is 8.77. The van der Waals surface area contributed by atoms with E-state index in [0.717, 1.165) is 17.6 Å². The maximum absolute atomic E-state index is 7.88. The van der Waals surface area contributed by atoms with E-state index in [-0.39, 0.29) is 5.84 Å². The first-order valence-corrected chi connectivity index (χ1v) is 11.9. The molecule has 1 aliphatic rings. The first-order valence-electron chi connectivity index (χ1n) is 11.1. The summed E-state index contributed by atoms with van der Waals surface area (Å²) in [5.74, 6) is 0.106. The van der Waals surface area contributed by atoms with E-state index < -0.39 is 0 Å². The Kier molecular flexibility index (Phi) is 5.70. The summed E-state index contributed by atoms with van der Waals surface area (Å²) in [5.41, 5.74) is 8.98. The minimum Gasteiger partial charge on any atom is -0.384 e. The third-order valence-corrected chi connectivity index (χ3v) is 7.32. The number of benzene rings is 3. The monoisotopic (exact) mass is 428 g/mol. The molecule has 5 heteroatoms. The van der Waals surface area contributed by atoms with Gasteiger partial charge in [0.1, 0.15) is 5.84 Å². The molecule has 0 aliphatic heterocycles. The van der Waals surface area contributed by atoms with Gasteiger partial charge in [0, 0.05) is 29.1 Å². The number of nitrogen functional groups attached to an aromatic ring is 1. The minimum atomic E-state index is 0.106. The van der Waals surface area contributed by atoms with Crippen molar-refractivity contribution in [3.8, 4) is 0 Å². The number of nitrogens with two attached hydrogens (primary N) is 1. The summed E-state index contributed by atoms with van der Waals surface area (Å²) in [5, 5.41) is 12.8. The van der Waals surface area contributed by atoms with Crippen LogP contribution in [0.2, 0.25) is 0 Å². The fourth-order valence-corrected chi connectivity index (χ4v) is 5.59. The molecule has 4 N–H and O–H groups in total. The van der Waals surface area contributed by atoms with Crippen LogP contribution in [-0.4, -0.2) is 16.4 Å². The predicted octanol–water partition coefficient (Wildman–Crippen LogP) is 6.06. The van der Waals surface area contributed by atoms with E-state index in [1.165, 1.54) is 58.9 Å². The average molecular weight is 429 g/mol. The first kappa shape index (κ1) is 20.2. The number of fused-ring (bicyclic) bond motifs is 2. The molecule has 0 unspecified atom stereocenters. The zero-order valence-corrected chi connectivity index (χ0v) is 18.4. The van der Waals surface area contributed by atoms with E-state index >= 15 is 0 Å². The Hall–Kier alpha value is -2.76. The van der Waals surface area contributed by atoms with Gasteiger partial charge in [0.05, 0.1) is 5.03 Å². The van der Waals surface area contributed by atoms with E-state index in [0.29, 0.717) is 6.04 Å². The van der Waals surface area contributed by atoms with E-state index in [1.807, 2.05) is 12.1 Å². The van der Waals surface area contributed by atoms with Crippen LogP contribution in [0.4, 0.5) is 0 Å². The molecule has 0 saturated heterocycles. The smallest absolute Gasteiger partial charge is 0.122 e. The first-order chi connectivity index (χ1) is 15.2. The van der Waals surface area contributed by atoms with Gasteiger partial charge in [0.15, 0.2) is 0 Å². The van der Waals surface area contributed by atoms with Crippen LogP contribution < -0.4 is 10.5 Å². The molecule has 4 nitrogen and oxygen atoms in total. The highest BCUT2D eigenvalue weighted by Crippen LogP contribution is 2.31. The Morgan fingerprint density at radius 1 is 0.968 bits per heavy atom. The summed E-state index contributed by atoms with van der Waals surface area (Å²) in [7, 11) is 0. The SMILES string of the molecule is N=C(N)c1ccc2cc(SNC3CCCCC3)n(Cc3cccc4ccccc34)c2c1. The van der Waals surface area contributed by atoms with Crippen LogP contribution in [-0.2, 0) is 6.54 Å². The molecule has 1 aliphatic carbocycles. The molecule has 0 radical (unpaired) electrons. The molecule has 1 heterocycles. The lowest BCUT2D eigenvalue weighted by Gasteiger charge is -2.22. The molecule has 0 bridgehead atoms. The Morgan fingerprint density at radius 2 is 1.77 bits per heavy atom. The fraction of sp³-hybridized carbons (Fsp3) is 0.269. The van der Waals surface area contributed by atoms with Gasteiger partial charge in [-0.2, -0.15) is 0 Å². The predicted molar refractivity (Wildman–Crippen MR) is 132 cm³/mol. The van der Waals surface area contributed by atoms with Gasteiger partial charge in [-0.25, -0.2) is 0 Å². The highest BCUT2D eigenvalue weighted by Gasteiger charge is 2.17. The van der Waals surface area contributed by atoms with Crippen LogP contribution in [0.1, 0.15) is 43.2 Å². The van der Waals surface area contributed by atoms with Gasteiger partial charge in [0.25, 0.3) is 0 Å². The third-order valence-electron chi connectivity index (χ3n) is 6.32. The van der Waals surface area contributed by atoms with Crippen LogP contribution in [0.15, 0.2) is 71.8 Å². The lowest BCUT2D eigenvalue weighted by atomic mass is 9.96. The Morgan fingerprint density at radius 3 is 2.61 bits per heavy atom. The summed E-state index contributed by atoms with van der Waals surface area (Å²) < 4.78 is 6.09. The fourth-order valence-electron chi connectivity index (χ4n) is 4.61. The molecule has 0 atom stereocenters. The molecule has 158 valence electrons. The van der Waals surface area contributed by atoms with Gasteiger partial charge in [-0.1, -0.05) is 73.9 Å². The molecule has 0 spiro atoms. The van der Waals surface area contributed by atoms with Gasteiger partial charge in [-0.05, 0) is 53.3 Å². The number of aromatic nitrogens is 1. The second-order valence-corrected chi connectivity index (χ2v) is 9.31. The van der Waals surface area contributed by atoms with Crippen molar-refractivity contribution in [2.45, 2.75) is 49.7 Å². The van der Waals surface area contributed by atoms with Gasteiger partial charge >= 0.3 is 0 Å². The number of rotatable bonds is 6. The summed E-state index contributed by atoms with van der Waals surface area (Å²) in [6.45, 7) is 0.779. The number of hydrogen-bond donors (Lipinski definition) is 3. The number of nitrogens with one attached hydrogen (secondary N) is 2. The maximum Gasteiger partial charge on any atom is 0.122 e. The largest absolute Gasteiger partial charge is 0.384 e. The van der Waals surface area contributed by atoms with Crippen molar-refractivity contribution >= 4 is 39.5 Å². The van der Waals surface area contributed by atoms with Crippen molar-refractivity contribution < 1.29 is 0 Å². The van der Waals surface area contributed by atoms with Crippen LogP contribution in [0, 0.1) is 5.41 Å². The average Bonchev–Trinajstić information content (AvgIpc) is 3.15. The summed E-state index contributed by atoms with van der Waals surface area (Å²) in [6.07, 6.45) is 6.51. The number of hydrogen-bond acceptors (Lipinski definition) is 3. The zero-order chi connectivity index (χ0) is 21.2. The van der Waals surface area contributed by atoms with Crippen molar-refractivity contribution in [1.29, 1.82) is 5.41 Å². The molecule has 1 aromatic heterocycles. The van der Waals surface area contributed by atoms with Crippen LogP contribution in [0.25, 0.3) is 21.7 Å². The molecule has 5 rings (SSSR count). The molecule has 0 amide bonds. The lowest BCUT2D eigenvalue weighted by Crippen LogP contribution is -2.25. The van der Waals surface area contributed by atoms with Crippen LogP contribution in [0.3, 0.4) is 0 Å². The maximum atomic E-state index is 7.88. The van der Waals surface area contributed by atoms with Gasteiger partial charge in [0.2, 0.25) is 0 Å². The van der Waals surface area contributed by atoms with Gasteiger partial charge in [-0.15, -0.1) is 0 Å². The Labute approximate surface area is 187 Å². The zero-order valence-electron chi connectivity index (χ0n) is 17.6. The van der Waals surface area contributed by atoms with Crippen molar-refractivity contribution in [3.63, 3.8) is 0 Å². The van der Waals surface area contributed by atoms with Crippen molar-refractivity contribution in [1.82, 2.24) is 9.29 Å². The summed E-state index contributed by atoms with van der Waals surface area (Å²) in [4.78, 5) is 0. The van der Waals surface area contributed by atoms with Gasteiger partial charge < -0.3 is 10.3 Å². The van der Waals surface area contributed by atoms with Crippen molar-refractivity contribution in [2.75, 3.05) is 0 Å².